The monoisotopic (exact) mass is 515 g/mol. The van der Waals surface area contributed by atoms with E-state index in [9.17, 15) is 9.59 Å². The van der Waals surface area contributed by atoms with Crippen molar-refractivity contribution in [3.63, 3.8) is 0 Å². The second-order valence-corrected chi connectivity index (χ2v) is 10.8. The summed E-state index contributed by atoms with van der Waals surface area (Å²) in [6.07, 6.45) is 4.35. The highest BCUT2D eigenvalue weighted by atomic mass is 32.1. The summed E-state index contributed by atoms with van der Waals surface area (Å²) in [5, 5.41) is 12.6. The van der Waals surface area contributed by atoms with Crippen LogP contribution in [0, 0.1) is 5.41 Å². The first-order chi connectivity index (χ1) is 17.1. The van der Waals surface area contributed by atoms with Crippen molar-refractivity contribution in [2.75, 3.05) is 32.6 Å². The van der Waals surface area contributed by atoms with Crippen LogP contribution in [0.1, 0.15) is 51.0 Å². The molecule has 0 radical (unpaired) electrons. The molecule has 0 aliphatic carbocycles. The minimum atomic E-state index is -0.466. The number of carbonyl (C=O) groups excluding carboxylic acids is 2. The number of amides is 2. The molecular weight excluding hydrogens is 482 g/mol. The minimum absolute atomic E-state index is 0.0335. The third-order valence-electron chi connectivity index (χ3n) is 6.59. The van der Waals surface area contributed by atoms with Gasteiger partial charge in [0.1, 0.15) is 4.83 Å². The average molecular weight is 516 g/mol. The number of carbonyl (C=O) groups is 2. The number of anilines is 1. The maximum atomic E-state index is 13.7. The highest BCUT2D eigenvalue weighted by Crippen LogP contribution is 2.35. The van der Waals surface area contributed by atoms with Crippen molar-refractivity contribution >= 4 is 34.0 Å². The van der Waals surface area contributed by atoms with Crippen molar-refractivity contribution in [2.24, 2.45) is 5.41 Å². The van der Waals surface area contributed by atoms with Gasteiger partial charge in [-0.3, -0.25) is 4.79 Å². The van der Waals surface area contributed by atoms with E-state index >= 15 is 0 Å². The lowest BCUT2D eigenvalue weighted by atomic mass is 9.88. The van der Waals surface area contributed by atoms with Crippen molar-refractivity contribution in [3.8, 4) is 17.1 Å². The van der Waals surface area contributed by atoms with E-state index in [-0.39, 0.29) is 29.1 Å². The van der Waals surface area contributed by atoms with Crippen LogP contribution in [0.5, 0.6) is 5.75 Å². The molecule has 1 unspecified atom stereocenters. The van der Waals surface area contributed by atoms with Gasteiger partial charge < -0.3 is 25.0 Å². The Balaban J connectivity index is 1.70. The fraction of sp³-hybridized carbons (Fsp3) is 0.542. The Bertz CT molecular complexity index is 1240. The standard InChI is InChI=1S/C24H33N7O4S/c1-14(24(2,3)4)26-20-18(34-5)17(21(32)30-9-7-15(8-10-30)27-23(33)35-6)28-19(29-20)16-13-25-31-11-12-36-22(16)31/h11-15H,7-10H2,1-6H3,(H,27,33)(H,26,28,29). The van der Waals surface area contributed by atoms with Gasteiger partial charge in [0.15, 0.2) is 23.1 Å². The fourth-order valence-corrected chi connectivity index (χ4v) is 4.70. The molecule has 2 N–H and O–H groups in total. The van der Waals surface area contributed by atoms with E-state index in [1.54, 1.807) is 15.6 Å². The van der Waals surface area contributed by atoms with Gasteiger partial charge in [-0.15, -0.1) is 11.3 Å². The number of nitrogens with zero attached hydrogens (tertiary/aromatic N) is 5. The summed E-state index contributed by atoms with van der Waals surface area (Å²) >= 11 is 1.53. The second kappa shape index (κ2) is 10.3. The number of hydrogen-bond acceptors (Lipinski definition) is 9. The van der Waals surface area contributed by atoms with Crippen molar-refractivity contribution in [2.45, 2.75) is 52.6 Å². The number of likely N-dealkylation sites (tertiary alicyclic amines) is 1. The van der Waals surface area contributed by atoms with Crippen LogP contribution in [0.4, 0.5) is 10.6 Å². The Labute approximate surface area is 214 Å². The van der Waals surface area contributed by atoms with Crippen LogP contribution >= 0.6 is 11.3 Å². The second-order valence-electron chi connectivity index (χ2n) is 9.92. The zero-order chi connectivity index (χ0) is 26.0. The molecule has 0 spiro atoms. The van der Waals surface area contributed by atoms with Crippen LogP contribution in [-0.2, 0) is 4.74 Å². The largest absolute Gasteiger partial charge is 0.491 e. The molecule has 1 fully saturated rings. The molecule has 0 aromatic carbocycles. The van der Waals surface area contributed by atoms with Gasteiger partial charge >= 0.3 is 6.09 Å². The minimum Gasteiger partial charge on any atom is -0.491 e. The van der Waals surface area contributed by atoms with Crippen LogP contribution in [0.15, 0.2) is 17.8 Å². The van der Waals surface area contributed by atoms with Crippen LogP contribution < -0.4 is 15.4 Å². The van der Waals surface area contributed by atoms with E-state index in [0.29, 0.717) is 43.3 Å². The van der Waals surface area contributed by atoms with Crippen molar-refractivity contribution in [1.82, 2.24) is 29.8 Å². The molecule has 36 heavy (non-hydrogen) atoms. The van der Waals surface area contributed by atoms with Crippen LogP contribution in [0.2, 0.25) is 0 Å². The molecule has 1 saturated heterocycles. The summed E-state index contributed by atoms with van der Waals surface area (Å²) in [4.78, 5) is 37.4. The van der Waals surface area contributed by atoms with E-state index < -0.39 is 6.09 Å². The molecule has 0 bridgehead atoms. The molecule has 12 heteroatoms. The average Bonchev–Trinajstić information content (AvgIpc) is 3.47. The van der Waals surface area contributed by atoms with E-state index in [0.717, 1.165) is 10.4 Å². The van der Waals surface area contributed by atoms with Gasteiger partial charge in [-0.25, -0.2) is 19.3 Å². The summed E-state index contributed by atoms with van der Waals surface area (Å²) < 4.78 is 12.2. The SMILES string of the molecule is COC(=O)NC1CCN(C(=O)c2nc(-c3cnn4ccsc34)nc(NC(C)C(C)(C)C)c2OC)CC1. The van der Waals surface area contributed by atoms with Gasteiger partial charge in [-0.1, -0.05) is 20.8 Å². The van der Waals surface area contributed by atoms with E-state index in [2.05, 4.69) is 43.4 Å². The maximum Gasteiger partial charge on any atom is 0.407 e. The fourth-order valence-electron chi connectivity index (χ4n) is 3.91. The third-order valence-corrected chi connectivity index (χ3v) is 7.47. The molecule has 194 valence electrons. The van der Waals surface area contributed by atoms with Gasteiger partial charge in [-0.2, -0.15) is 5.10 Å². The normalized spacial score (nSPS) is 15.6. The van der Waals surface area contributed by atoms with Gasteiger partial charge in [0.2, 0.25) is 0 Å². The molecule has 1 atom stereocenters. The number of methoxy groups -OCH3 is 2. The van der Waals surface area contributed by atoms with Gasteiger partial charge in [0.05, 0.1) is 26.0 Å². The number of piperidine rings is 1. The number of rotatable bonds is 6. The number of nitrogens with one attached hydrogen (secondary N) is 2. The first kappa shape index (κ1) is 25.7. The molecule has 1 aliphatic heterocycles. The summed E-state index contributed by atoms with van der Waals surface area (Å²) in [6.45, 7) is 9.40. The summed E-state index contributed by atoms with van der Waals surface area (Å²) in [7, 11) is 2.86. The molecule has 0 saturated carbocycles. The lowest BCUT2D eigenvalue weighted by molar-refractivity contribution is 0.0694. The van der Waals surface area contributed by atoms with Crippen LogP contribution in [0.25, 0.3) is 16.2 Å². The number of hydrogen-bond donors (Lipinski definition) is 2. The Hall–Kier alpha value is -3.41. The molecular formula is C24H33N7O4S. The quantitative estimate of drug-likeness (QED) is 0.510. The molecule has 2 amide bonds. The van der Waals surface area contributed by atoms with Crippen LogP contribution in [-0.4, -0.2) is 75.9 Å². The zero-order valence-corrected chi connectivity index (χ0v) is 22.3. The number of aromatic nitrogens is 4. The Morgan fingerprint density at radius 3 is 2.56 bits per heavy atom. The molecule has 4 heterocycles. The van der Waals surface area contributed by atoms with Crippen LogP contribution in [0.3, 0.4) is 0 Å². The highest BCUT2D eigenvalue weighted by molar-refractivity contribution is 7.16. The Kier molecular flexibility index (Phi) is 7.34. The predicted molar refractivity (Wildman–Crippen MR) is 138 cm³/mol. The Morgan fingerprint density at radius 2 is 1.92 bits per heavy atom. The summed E-state index contributed by atoms with van der Waals surface area (Å²) in [5.74, 6) is 0.936. The third kappa shape index (κ3) is 5.23. The topological polar surface area (TPSA) is 123 Å². The summed E-state index contributed by atoms with van der Waals surface area (Å²) in [5.41, 5.74) is 0.878. The molecule has 3 aromatic rings. The lowest BCUT2D eigenvalue weighted by Crippen LogP contribution is -2.46. The van der Waals surface area contributed by atoms with E-state index in [1.807, 2.05) is 11.6 Å². The number of fused-ring (bicyclic) bond motifs is 1. The molecule has 11 nitrogen and oxygen atoms in total. The first-order valence-corrected chi connectivity index (χ1v) is 12.8. The van der Waals surface area contributed by atoms with Crippen molar-refractivity contribution < 1.29 is 19.1 Å². The highest BCUT2D eigenvalue weighted by Gasteiger charge is 2.31. The lowest BCUT2D eigenvalue weighted by Gasteiger charge is -2.32. The summed E-state index contributed by atoms with van der Waals surface area (Å²) in [6, 6.07) is -0.0140. The molecule has 4 rings (SSSR count). The molecule has 1 aliphatic rings. The molecule has 3 aromatic heterocycles. The smallest absolute Gasteiger partial charge is 0.407 e. The van der Waals surface area contributed by atoms with E-state index in [4.69, 9.17) is 19.4 Å². The number of ether oxygens (including phenoxy) is 2. The zero-order valence-electron chi connectivity index (χ0n) is 21.5. The maximum absolute atomic E-state index is 13.7. The Morgan fingerprint density at radius 1 is 1.19 bits per heavy atom. The van der Waals surface area contributed by atoms with Gasteiger partial charge in [0.25, 0.3) is 5.91 Å². The van der Waals surface area contributed by atoms with Gasteiger partial charge in [0, 0.05) is 36.8 Å². The van der Waals surface area contributed by atoms with E-state index in [1.165, 1.54) is 25.6 Å². The van der Waals surface area contributed by atoms with Gasteiger partial charge in [-0.05, 0) is 25.2 Å². The number of thiazole rings is 1. The van der Waals surface area contributed by atoms with Crippen molar-refractivity contribution in [1.29, 1.82) is 0 Å². The number of alkyl carbamates (subject to hydrolysis) is 1. The van der Waals surface area contributed by atoms with Crippen molar-refractivity contribution in [3.05, 3.63) is 23.5 Å². The first-order valence-electron chi connectivity index (χ1n) is 11.9. The predicted octanol–water partition coefficient (Wildman–Crippen LogP) is 3.67.